The Kier molecular flexibility index (Phi) is 8.35. The van der Waals surface area contributed by atoms with Crippen molar-refractivity contribution in [3.05, 3.63) is 120 Å². The number of hydrogen-bond donors (Lipinski definition) is 2. The van der Waals surface area contributed by atoms with Gasteiger partial charge in [0, 0.05) is 23.3 Å². The molecule has 0 saturated carbocycles. The van der Waals surface area contributed by atoms with Crippen molar-refractivity contribution in [2.24, 2.45) is 5.73 Å². The Bertz CT molecular complexity index is 1510. The summed E-state index contributed by atoms with van der Waals surface area (Å²) < 4.78 is 38.5. The summed E-state index contributed by atoms with van der Waals surface area (Å²) >= 11 is 0. The van der Waals surface area contributed by atoms with Crippen LogP contribution in [-0.4, -0.2) is 16.9 Å². The summed E-state index contributed by atoms with van der Waals surface area (Å²) in [6.45, 7) is 13.2. The zero-order valence-corrected chi connectivity index (χ0v) is 24.8. The van der Waals surface area contributed by atoms with Crippen LogP contribution in [0.25, 0.3) is 11.1 Å². The quantitative estimate of drug-likeness (QED) is 0.227. The molecule has 0 aliphatic rings. The molecule has 4 nitrogen and oxygen atoms in total. The van der Waals surface area contributed by atoms with E-state index in [0.29, 0.717) is 6.08 Å². The van der Waals surface area contributed by atoms with Gasteiger partial charge in [0.2, 0.25) is 0 Å². The van der Waals surface area contributed by atoms with Crippen LogP contribution in [0.2, 0.25) is 0 Å². The van der Waals surface area contributed by atoms with Gasteiger partial charge in [-0.25, -0.2) is 0 Å². The molecule has 3 N–H and O–H groups in total. The van der Waals surface area contributed by atoms with Gasteiger partial charge in [0.15, 0.2) is 0 Å². The fourth-order valence-corrected chi connectivity index (χ4v) is 4.54. The second kappa shape index (κ2) is 11.5. The lowest BCUT2D eigenvalue weighted by atomic mass is 9.86. The fourth-order valence-electron chi connectivity index (χ4n) is 4.54. The first-order valence-electron chi connectivity index (χ1n) is 13.7. The van der Waals surface area contributed by atoms with Gasteiger partial charge in [0.1, 0.15) is 5.70 Å². The number of pyridine rings is 1. The maximum Gasteiger partial charge on any atom is 0.430 e. The maximum absolute atomic E-state index is 12.8. The number of benzene rings is 3. The number of rotatable bonds is 6. The van der Waals surface area contributed by atoms with Crippen LogP contribution in [0.3, 0.4) is 0 Å². The van der Waals surface area contributed by atoms with Crippen molar-refractivity contribution in [1.82, 2.24) is 4.98 Å². The predicted molar refractivity (Wildman–Crippen MR) is 167 cm³/mol. The molecule has 3 aromatic carbocycles. The summed E-state index contributed by atoms with van der Waals surface area (Å²) in [6.07, 6.45) is -2.64. The van der Waals surface area contributed by atoms with Crippen LogP contribution in [0.1, 0.15) is 58.4 Å². The first-order chi connectivity index (χ1) is 19.5. The molecule has 0 atom stereocenters. The zero-order chi connectivity index (χ0) is 30.9. The Labute approximate surface area is 246 Å². The third-order valence-corrected chi connectivity index (χ3v) is 7.10. The van der Waals surface area contributed by atoms with E-state index in [9.17, 15) is 13.2 Å². The van der Waals surface area contributed by atoms with Gasteiger partial charge >= 0.3 is 6.18 Å². The number of nitrogens with two attached hydrogens (primary N) is 1. The van der Waals surface area contributed by atoms with Crippen LogP contribution in [0, 0.1) is 5.41 Å². The second-order valence-corrected chi connectivity index (χ2v) is 12.4. The highest BCUT2D eigenvalue weighted by atomic mass is 19.4. The predicted octanol–water partition coefficient (Wildman–Crippen LogP) is 9.59. The van der Waals surface area contributed by atoms with E-state index in [1.807, 2.05) is 24.3 Å². The zero-order valence-electron chi connectivity index (χ0n) is 24.8. The molecule has 4 aromatic rings. The summed E-state index contributed by atoms with van der Waals surface area (Å²) in [5.74, 6) is 0. The summed E-state index contributed by atoms with van der Waals surface area (Å²) in [5.41, 5.74) is 10.6. The topological polar surface area (TPSA) is 66.0 Å². The molecule has 0 aliphatic carbocycles. The molecule has 1 heterocycles. The van der Waals surface area contributed by atoms with Crippen LogP contribution in [-0.2, 0) is 10.8 Å². The first-order valence-corrected chi connectivity index (χ1v) is 13.7. The molecule has 42 heavy (non-hydrogen) atoms. The standard InChI is InChI=1S/C35H37F3N4/c1-33(2,3)25-9-15-28(16-10-25)42(29-17-11-26(12-18-29)34(4,5)6)27-13-7-23(8-14-27)24-19-20-41-31(21-24)30(39)22-32(40)35(36,37)38/h7-22,39H,40H2,1-6H3. The number of halogens is 3. The monoisotopic (exact) mass is 570 g/mol. The SMILES string of the molecule is CC(C)(C)c1ccc(N(c2ccc(-c3ccnc(C(=N)C=C(N)C(F)(F)F)c3)cc2)c2ccc(C(C)(C)C)cc2)cc1. The van der Waals surface area contributed by atoms with E-state index < -0.39 is 17.6 Å². The third kappa shape index (κ3) is 7.08. The van der Waals surface area contributed by atoms with Crippen molar-refractivity contribution in [2.75, 3.05) is 4.90 Å². The van der Waals surface area contributed by atoms with E-state index in [4.69, 9.17) is 11.1 Å². The normalized spacial score (nSPS) is 12.7. The summed E-state index contributed by atoms with van der Waals surface area (Å²) in [4.78, 5) is 6.27. The van der Waals surface area contributed by atoms with Crippen LogP contribution >= 0.6 is 0 Å². The summed E-state index contributed by atoms with van der Waals surface area (Å²) in [6, 6.07) is 28.5. The van der Waals surface area contributed by atoms with E-state index in [1.54, 1.807) is 12.1 Å². The molecule has 218 valence electrons. The van der Waals surface area contributed by atoms with Crippen LogP contribution in [0.15, 0.2) is 103 Å². The van der Waals surface area contributed by atoms with Crippen molar-refractivity contribution in [3.63, 3.8) is 0 Å². The van der Waals surface area contributed by atoms with Crippen LogP contribution in [0.5, 0.6) is 0 Å². The van der Waals surface area contributed by atoms with Gasteiger partial charge in [-0.1, -0.05) is 77.9 Å². The van der Waals surface area contributed by atoms with E-state index in [-0.39, 0.29) is 16.5 Å². The Hall–Kier alpha value is -4.39. The third-order valence-electron chi connectivity index (χ3n) is 7.10. The van der Waals surface area contributed by atoms with Crippen molar-refractivity contribution in [2.45, 2.75) is 58.5 Å². The molecule has 0 fully saturated rings. The van der Waals surface area contributed by atoms with Gasteiger partial charge in [0.05, 0.1) is 11.4 Å². The van der Waals surface area contributed by atoms with E-state index in [2.05, 4.69) is 100.0 Å². The highest BCUT2D eigenvalue weighted by Crippen LogP contribution is 2.38. The maximum atomic E-state index is 12.8. The summed E-state index contributed by atoms with van der Waals surface area (Å²) in [5, 5.41) is 8.06. The van der Waals surface area contributed by atoms with Gasteiger partial charge in [-0.15, -0.1) is 0 Å². The first kappa shape index (κ1) is 30.6. The highest BCUT2D eigenvalue weighted by Gasteiger charge is 2.31. The van der Waals surface area contributed by atoms with Crippen molar-refractivity contribution < 1.29 is 13.2 Å². The van der Waals surface area contributed by atoms with Crippen LogP contribution < -0.4 is 10.6 Å². The molecule has 0 radical (unpaired) electrons. The number of anilines is 3. The highest BCUT2D eigenvalue weighted by molar-refractivity contribution is 6.06. The number of nitrogens with one attached hydrogen (secondary N) is 1. The van der Waals surface area contributed by atoms with E-state index >= 15 is 0 Å². The average molecular weight is 571 g/mol. The molecular formula is C35H37F3N4. The van der Waals surface area contributed by atoms with Crippen LogP contribution in [0.4, 0.5) is 30.2 Å². The number of alkyl halides is 3. The molecular weight excluding hydrogens is 533 g/mol. The van der Waals surface area contributed by atoms with Gasteiger partial charge in [-0.2, -0.15) is 13.2 Å². The lowest BCUT2D eigenvalue weighted by molar-refractivity contribution is -0.0925. The minimum Gasteiger partial charge on any atom is -0.395 e. The second-order valence-electron chi connectivity index (χ2n) is 12.4. The fraction of sp³-hybridized carbons (Fsp3) is 0.257. The van der Waals surface area contributed by atoms with Crippen molar-refractivity contribution in [3.8, 4) is 11.1 Å². The largest absolute Gasteiger partial charge is 0.430 e. The minimum absolute atomic E-state index is 0.0351. The molecule has 0 amide bonds. The Balaban J connectivity index is 1.70. The number of hydrogen-bond acceptors (Lipinski definition) is 4. The molecule has 1 aromatic heterocycles. The summed E-state index contributed by atoms with van der Waals surface area (Å²) in [7, 11) is 0. The van der Waals surface area contributed by atoms with Gasteiger partial charge in [-0.3, -0.25) is 10.4 Å². The smallest absolute Gasteiger partial charge is 0.395 e. The van der Waals surface area contributed by atoms with Crippen molar-refractivity contribution >= 4 is 22.8 Å². The molecule has 0 spiro atoms. The Morgan fingerprint density at radius 2 is 1.12 bits per heavy atom. The van der Waals surface area contributed by atoms with Gasteiger partial charge in [0.25, 0.3) is 0 Å². The lowest BCUT2D eigenvalue weighted by Gasteiger charge is -2.28. The molecule has 4 rings (SSSR count). The number of allylic oxidation sites excluding steroid dienone is 2. The Morgan fingerprint density at radius 3 is 1.52 bits per heavy atom. The average Bonchev–Trinajstić information content (AvgIpc) is 2.93. The molecule has 0 unspecified atom stereocenters. The van der Waals surface area contributed by atoms with Gasteiger partial charge in [-0.05, 0) is 87.7 Å². The Morgan fingerprint density at radius 1 is 0.690 bits per heavy atom. The lowest BCUT2D eigenvalue weighted by Crippen LogP contribution is -2.20. The van der Waals surface area contributed by atoms with Crippen molar-refractivity contribution in [1.29, 1.82) is 5.41 Å². The molecule has 0 bridgehead atoms. The molecule has 7 heteroatoms. The number of aromatic nitrogens is 1. The van der Waals surface area contributed by atoms with E-state index in [1.165, 1.54) is 17.3 Å². The van der Waals surface area contributed by atoms with E-state index in [0.717, 1.165) is 28.2 Å². The molecule has 0 aliphatic heterocycles. The van der Waals surface area contributed by atoms with Gasteiger partial charge < -0.3 is 10.6 Å². The minimum atomic E-state index is -4.70. The molecule has 0 saturated heterocycles. The number of nitrogens with zero attached hydrogens (tertiary/aromatic N) is 2.